The number of sulfone groups is 1. The number of aryl methyl sites for hydroxylation is 2. The van der Waals surface area contributed by atoms with Crippen LogP contribution in [-0.4, -0.2) is 76.3 Å². The van der Waals surface area contributed by atoms with Crippen LogP contribution in [0.15, 0.2) is 0 Å². The van der Waals surface area contributed by atoms with E-state index in [9.17, 15) is 13.2 Å². The molecule has 4 rings (SSSR count). The Morgan fingerprint density at radius 3 is 2.39 bits per heavy atom. The van der Waals surface area contributed by atoms with E-state index in [0.717, 1.165) is 28.6 Å². The molecule has 0 N–H and O–H groups in total. The molecule has 28 heavy (non-hydrogen) atoms. The molecule has 0 saturated carbocycles. The molecule has 9 nitrogen and oxygen atoms in total. The molecule has 1 amide bonds. The minimum Gasteiger partial charge on any atom is -0.365 e. The summed E-state index contributed by atoms with van der Waals surface area (Å²) in [5, 5.41) is 8.58. The number of carbonyl (C=O) groups excluding carboxylic acids is 1. The normalized spacial score (nSPS) is 22.0. The molecule has 1 atom stereocenters. The molecule has 0 radical (unpaired) electrons. The van der Waals surface area contributed by atoms with Crippen LogP contribution in [0.5, 0.6) is 0 Å². The minimum atomic E-state index is -2.96. The van der Waals surface area contributed by atoms with E-state index in [-0.39, 0.29) is 23.5 Å². The highest BCUT2D eigenvalue weighted by atomic mass is 32.2. The predicted octanol–water partition coefficient (Wildman–Crippen LogP) is 0.982. The zero-order valence-electron chi connectivity index (χ0n) is 16.3. The predicted molar refractivity (Wildman–Crippen MR) is 107 cm³/mol. The van der Waals surface area contributed by atoms with Crippen molar-refractivity contribution in [2.45, 2.75) is 33.2 Å². The number of nitrogens with zero attached hydrogens (tertiary/aromatic N) is 6. The molecule has 4 heterocycles. The summed E-state index contributed by atoms with van der Waals surface area (Å²) in [7, 11) is -2.96. The number of rotatable bonds is 3. The van der Waals surface area contributed by atoms with E-state index in [1.807, 2.05) is 23.4 Å². The zero-order valence-corrected chi connectivity index (χ0v) is 17.9. The highest BCUT2D eigenvalue weighted by Crippen LogP contribution is 2.31. The number of anilines is 1. The zero-order chi connectivity index (χ0) is 20.1. The van der Waals surface area contributed by atoms with Crippen LogP contribution in [0.4, 0.5) is 5.69 Å². The number of hydrogen-bond donors (Lipinski definition) is 0. The first-order chi connectivity index (χ1) is 13.3. The largest absolute Gasteiger partial charge is 0.365 e. The molecule has 152 valence electrons. The summed E-state index contributed by atoms with van der Waals surface area (Å²) in [5.41, 5.74) is 3.65. The topological polar surface area (TPSA) is 101 Å². The van der Waals surface area contributed by atoms with Gasteiger partial charge in [-0.1, -0.05) is 4.49 Å². The first kappa shape index (κ1) is 19.3. The van der Waals surface area contributed by atoms with Crippen molar-refractivity contribution in [1.82, 2.24) is 24.3 Å². The highest BCUT2D eigenvalue weighted by Gasteiger charge is 2.33. The van der Waals surface area contributed by atoms with E-state index in [2.05, 4.69) is 19.6 Å². The summed E-state index contributed by atoms with van der Waals surface area (Å²) in [6.45, 7) is 8.45. The number of aromatic nitrogens is 4. The fourth-order valence-electron chi connectivity index (χ4n) is 4.14. The van der Waals surface area contributed by atoms with Crippen LogP contribution in [0.2, 0.25) is 0 Å². The molecule has 2 aromatic heterocycles. The number of hydrogen-bond acceptors (Lipinski definition) is 8. The lowest BCUT2D eigenvalue weighted by atomic mass is 10.2. The Morgan fingerprint density at radius 2 is 1.82 bits per heavy atom. The summed E-state index contributed by atoms with van der Waals surface area (Å²) < 4.78 is 29.4. The van der Waals surface area contributed by atoms with Crippen LogP contribution in [0.1, 0.15) is 39.2 Å². The Hall–Kier alpha value is -2.01. The maximum atomic E-state index is 12.7. The van der Waals surface area contributed by atoms with Crippen LogP contribution in [0.25, 0.3) is 0 Å². The molecular weight excluding hydrogens is 400 g/mol. The second-order valence-electron chi connectivity index (χ2n) is 7.49. The van der Waals surface area contributed by atoms with Gasteiger partial charge >= 0.3 is 0 Å². The van der Waals surface area contributed by atoms with Gasteiger partial charge in [0.25, 0.3) is 5.91 Å². The molecule has 0 aromatic carbocycles. The SMILES string of the molecule is Cc1nnsc1C(=O)N1CCN(c2c(C)nn([C@H]3CCS(=O)(=O)C3)c2C)CC1. The van der Waals surface area contributed by atoms with E-state index in [1.54, 1.807) is 6.92 Å². The van der Waals surface area contributed by atoms with E-state index >= 15 is 0 Å². The molecule has 11 heteroatoms. The third-order valence-electron chi connectivity index (χ3n) is 5.57. The maximum Gasteiger partial charge on any atom is 0.267 e. The van der Waals surface area contributed by atoms with Crippen molar-refractivity contribution in [3.63, 3.8) is 0 Å². The first-order valence-corrected chi connectivity index (χ1v) is 12.0. The van der Waals surface area contributed by atoms with Crippen molar-refractivity contribution in [1.29, 1.82) is 0 Å². The summed E-state index contributed by atoms with van der Waals surface area (Å²) in [4.78, 5) is 17.4. The molecule has 0 unspecified atom stereocenters. The third kappa shape index (κ3) is 3.41. The van der Waals surface area contributed by atoms with E-state index in [0.29, 0.717) is 43.2 Å². The van der Waals surface area contributed by atoms with Crippen molar-refractivity contribution in [2.24, 2.45) is 0 Å². The third-order valence-corrected chi connectivity index (χ3v) is 8.14. The van der Waals surface area contributed by atoms with Gasteiger partial charge in [-0.3, -0.25) is 9.48 Å². The van der Waals surface area contributed by atoms with Gasteiger partial charge in [0, 0.05) is 26.2 Å². The molecular formula is C17H24N6O3S2. The monoisotopic (exact) mass is 424 g/mol. The fraction of sp³-hybridized carbons (Fsp3) is 0.647. The molecule has 0 bridgehead atoms. The van der Waals surface area contributed by atoms with Crippen LogP contribution >= 0.6 is 11.5 Å². The van der Waals surface area contributed by atoms with Gasteiger partial charge in [-0.2, -0.15) is 5.10 Å². The Kier molecular flexibility index (Phi) is 4.90. The van der Waals surface area contributed by atoms with E-state index in [1.165, 1.54) is 0 Å². The average Bonchev–Trinajstić information content (AvgIpc) is 3.32. The van der Waals surface area contributed by atoms with Crippen LogP contribution in [-0.2, 0) is 9.84 Å². The lowest BCUT2D eigenvalue weighted by Gasteiger charge is -2.36. The summed E-state index contributed by atoms with van der Waals surface area (Å²) >= 11 is 1.14. The Balaban J connectivity index is 1.48. The first-order valence-electron chi connectivity index (χ1n) is 9.36. The maximum absolute atomic E-state index is 12.7. The summed E-state index contributed by atoms with van der Waals surface area (Å²) in [6.07, 6.45) is 0.619. The lowest BCUT2D eigenvalue weighted by molar-refractivity contribution is 0.0750. The van der Waals surface area contributed by atoms with Crippen LogP contribution in [0, 0.1) is 20.8 Å². The molecule has 2 aromatic rings. The molecule has 2 saturated heterocycles. The quantitative estimate of drug-likeness (QED) is 0.724. The van der Waals surface area contributed by atoms with Crippen molar-refractivity contribution < 1.29 is 13.2 Å². The number of piperazine rings is 1. The smallest absolute Gasteiger partial charge is 0.267 e. The van der Waals surface area contributed by atoms with Crippen LogP contribution in [0.3, 0.4) is 0 Å². The van der Waals surface area contributed by atoms with Crippen molar-refractivity contribution in [3.8, 4) is 0 Å². The van der Waals surface area contributed by atoms with E-state index in [4.69, 9.17) is 0 Å². The van der Waals surface area contributed by atoms with Gasteiger partial charge in [0.15, 0.2) is 9.84 Å². The number of carbonyl (C=O) groups is 1. The summed E-state index contributed by atoms with van der Waals surface area (Å²) in [6, 6.07) is -0.0814. The second kappa shape index (κ2) is 7.11. The number of amides is 1. The van der Waals surface area contributed by atoms with Crippen molar-refractivity contribution in [2.75, 3.05) is 42.6 Å². The Morgan fingerprint density at radius 1 is 1.11 bits per heavy atom. The Bertz CT molecular complexity index is 1000. The van der Waals surface area contributed by atoms with Gasteiger partial charge in [-0.05, 0) is 38.7 Å². The van der Waals surface area contributed by atoms with Crippen molar-refractivity contribution in [3.05, 3.63) is 22.0 Å². The standard InChI is InChI=1S/C17H24N6O3S2/c1-11-15(13(3)23(19-11)14-4-9-28(25,26)10-14)21-5-7-22(8-6-21)17(24)16-12(2)18-20-27-16/h14H,4-10H2,1-3H3/t14-/m0/s1. The minimum absolute atomic E-state index is 0.00699. The van der Waals surface area contributed by atoms with Gasteiger partial charge < -0.3 is 9.80 Å². The molecule has 2 aliphatic heterocycles. The van der Waals surface area contributed by atoms with Gasteiger partial charge in [0.1, 0.15) is 4.88 Å². The summed E-state index contributed by atoms with van der Waals surface area (Å²) in [5.74, 6) is 0.393. The molecule has 0 spiro atoms. The van der Waals surface area contributed by atoms with Gasteiger partial charge in [0.05, 0.1) is 40.3 Å². The second-order valence-corrected chi connectivity index (χ2v) is 10.5. The van der Waals surface area contributed by atoms with Gasteiger partial charge in [-0.25, -0.2) is 8.42 Å². The van der Waals surface area contributed by atoms with Gasteiger partial charge in [0.2, 0.25) is 0 Å². The van der Waals surface area contributed by atoms with Crippen molar-refractivity contribution >= 4 is 33.0 Å². The molecule has 0 aliphatic carbocycles. The lowest BCUT2D eigenvalue weighted by Crippen LogP contribution is -2.49. The Labute approximate surface area is 168 Å². The fourth-order valence-corrected chi connectivity index (χ4v) is 6.46. The van der Waals surface area contributed by atoms with E-state index < -0.39 is 9.84 Å². The van der Waals surface area contributed by atoms with Gasteiger partial charge in [-0.15, -0.1) is 5.10 Å². The van der Waals surface area contributed by atoms with Crippen LogP contribution < -0.4 is 4.90 Å². The molecule has 2 aliphatic rings. The highest BCUT2D eigenvalue weighted by molar-refractivity contribution is 7.91. The molecule has 2 fully saturated rings. The average molecular weight is 425 g/mol.